The molecule has 0 aromatic heterocycles. The number of hydrogen-bond donors (Lipinski definition) is 0. The number of allylic oxidation sites excluding steroid dienone is 1. The predicted octanol–water partition coefficient (Wildman–Crippen LogP) is 1.50. The van der Waals surface area contributed by atoms with Crippen LogP contribution in [0.4, 0.5) is 0 Å². The Bertz CT molecular complexity index is 326. The van der Waals surface area contributed by atoms with Gasteiger partial charge in [-0.25, -0.2) is 4.79 Å². The van der Waals surface area contributed by atoms with Crippen molar-refractivity contribution < 1.29 is 23.8 Å². The summed E-state index contributed by atoms with van der Waals surface area (Å²) in [5, 5.41) is 0. The van der Waals surface area contributed by atoms with Crippen LogP contribution in [-0.4, -0.2) is 44.3 Å². The third kappa shape index (κ3) is 5.53. The Hall–Kier alpha value is -1.20. The highest BCUT2D eigenvalue weighted by atomic mass is 16.6. The molecule has 0 saturated heterocycles. The van der Waals surface area contributed by atoms with Crippen LogP contribution < -0.4 is 0 Å². The number of methoxy groups -OCH3 is 1. The van der Waals surface area contributed by atoms with Gasteiger partial charge in [-0.3, -0.25) is 4.79 Å². The largest absolute Gasteiger partial charge is 0.458 e. The van der Waals surface area contributed by atoms with E-state index in [0.717, 1.165) is 19.3 Å². The van der Waals surface area contributed by atoms with E-state index in [-0.39, 0.29) is 31.2 Å². The summed E-state index contributed by atoms with van der Waals surface area (Å²) >= 11 is 0. The van der Waals surface area contributed by atoms with Crippen LogP contribution in [0.5, 0.6) is 0 Å². The average molecular weight is 270 g/mol. The Morgan fingerprint density at radius 3 is 2.58 bits per heavy atom. The van der Waals surface area contributed by atoms with Crippen LogP contribution in [-0.2, 0) is 23.8 Å². The van der Waals surface area contributed by atoms with Gasteiger partial charge in [0.2, 0.25) is 0 Å². The summed E-state index contributed by atoms with van der Waals surface area (Å²) in [6.45, 7) is 4.91. The standard InChI is InChI=1S/C14H22O5/c1-4-11-5-6-12(17-3)13(7-11)19-14(16)9-18-8-10(2)15/h4,11-13H,1,5-9H2,2-3H3/t11?,12-,13-/m0/s1. The first-order valence-electron chi connectivity index (χ1n) is 6.48. The summed E-state index contributed by atoms with van der Waals surface area (Å²) < 4.78 is 15.6. The first-order valence-corrected chi connectivity index (χ1v) is 6.48. The first-order chi connectivity index (χ1) is 9.06. The monoisotopic (exact) mass is 270 g/mol. The molecule has 3 atom stereocenters. The van der Waals surface area contributed by atoms with E-state index in [2.05, 4.69) is 6.58 Å². The van der Waals surface area contributed by atoms with Crippen molar-refractivity contribution in [1.29, 1.82) is 0 Å². The van der Waals surface area contributed by atoms with Gasteiger partial charge in [0.15, 0.2) is 5.78 Å². The van der Waals surface area contributed by atoms with Gasteiger partial charge in [0.25, 0.3) is 0 Å². The molecule has 1 unspecified atom stereocenters. The third-order valence-corrected chi connectivity index (χ3v) is 3.22. The zero-order chi connectivity index (χ0) is 14.3. The molecule has 1 rings (SSSR count). The molecule has 5 nitrogen and oxygen atoms in total. The number of hydrogen-bond acceptors (Lipinski definition) is 5. The summed E-state index contributed by atoms with van der Waals surface area (Å²) in [5.74, 6) is -0.229. The molecule has 0 bridgehead atoms. The van der Waals surface area contributed by atoms with Crippen molar-refractivity contribution in [2.45, 2.75) is 38.4 Å². The van der Waals surface area contributed by atoms with Crippen LogP contribution in [0, 0.1) is 5.92 Å². The molecule has 108 valence electrons. The highest BCUT2D eigenvalue weighted by Gasteiger charge is 2.32. The molecule has 0 aromatic rings. The number of ketones is 1. The summed E-state index contributed by atoms with van der Waals surface area (Å²) in [4.78, 5) is 22.3. The van der Waals surface area contributed by atoms with Crippen LogP contribution in [0.2, 0.25) is 0 Å². The summed E-state index contributed by atoms with van der Waals surface area (Å²) in [6, 6.07) is 0. The highest BCUT2D eigenvalue weighted by molar-refractivity contribution is 5.77. The molecule has 0 amide bonds. The maximum Gasteiger partial charge on any atom is 0.332 e. The molecule has 1 saturated carbocycles. The van der Waals surface area contributed by atoms with Crippen molar-refractivity contribution in [3.8, 4) is 0 Å². The lowest BCUT2D eigenvalue weighted by molar-refractivity contribution is -0.165. The van der Waals surface area contributed by atoms with Gasteiger partial charge in [-0.05, 0) is 32.1 Å². The number of carbonyl (C=O) groups is 2. The Morgan fingerprint density at radius 2 is 2.00 bits per heavy atom. The zero-order valence-corrected chi connectivity index (χ0v) is 11.6. The topological polar surface area (TPSA) is 61.8 Å². The minimum absolute atomic E-state index is 0.0667. The fourth-order valence-corrected chi connectivity index (χ4v) is 2.22. The SMILES string of the molecule is C=CC1CC[C@H](OC)[C@@H](OC(=O)COCC(C)=O)C1. The Kier molecular flexibility index (Phi) is 6.73. The molecule has 0 radical (unpaired) electrons. The Balaban J connectivity index is 2.40. The van der Waals surface area contributed by atoms with Gasteiger partial charge in [-0.15, -0.1) is 6.58 Å². The Labute approximate surface area is 113 Å². The van der Waals surface area contributed by atoms with Crippen molar-refractivity contribution in [3.05, 3.63) is 12.7 Å². The number of Topliss-reactive ketones (excluding diaryl/α,β-unsaturated/α-hetero) is 1. The van der Waals surface area contributed by atoms with Gasteiger partial charge in [-0.1, -0.05) is 6.08 Å². The van der Waals surface area contributed by atoms with E-state index in [1.165, 1.54) is 6.92 Å². The zero-order valence-electron chi connectivity index (χ0n) is 11.6. The second kappa shape index (κ2) is 8.07. The fraction of sp³-hybridized carbons (Fsp3) is 0.714. The van der Waals surface area contributed by atoms with Crippen LogP contribution in [0.3, 0.4) is 0 Å². The van der Waals surface area contributed by atoms with Crippen molar-refractivity contribution >= 4 is 11.8 Å². The molecule has 0 heterocycles. The lowest BCUT2D eigenvalue weighted by Gasteiger charge is -2.33. The van der Waals surface area contributed by atoms with E-state index in [1.54, 1.807) is 7.11 Å². The van der Waals surface area contributed by atoms with Gasteiger partial charge in [0.05, 0.1) is 6.10 Å². The normalized spacial score (nSPS) is 26.7. The van der Waals surface area contributed by atoms with Gasteiger partial charge >= 0.3 is 5.97 Å². The summed E-state index contributed by atoms with van der Waals surface area (Å²) in [5.41, 5.74) is 0. The first kappa shape index (κ1) is 15.9. The van der Waals surface area contributed by atoms with Crippen molar-refractivity contribution in [2.24, 2.45) is 5.92 Å². The maximum atomic E-state index is 11.6. The fourth-order valence-electron chi connectivity index (χ4n) is 2.22. The molecule has 0 N–H and O–H groups in total. The van der Waals surface area contributed by atoms with Gasteiger partial charge in [-0.2, -0.15) is 0 Å². The smallest absolute Gasteiger partial charge is 0.332 e. The highest BCUT2D eigenvalue weighted by Crippen LogP contribution is 2.29. The number of rotatable bonds is 7. The maximum absolute atomic E-state index is 11.6. The van der Waals surface area contributed by atoms with E-state index < -0.39 is 5.97 Å². The molecule has 1 aliphatic rings. The lowest BCUT2D eigenvalue weighted by atomic mass is 9.85. The van der Waals surface area contributed by atoms with E-state index in [4.69, 9.17) is 14.2 Å². The Morgan fingerprint density at radius 1 is 1.26 bits per heavy atom. The molecule has 5 heteroatoms. The van der Waals surface area contributed by atoms with Crippen LogP contribution in [0.1, 0.15) is 26.2 Å². The van der Waals surface area contributed by atoms with Crippen LogP contribution in [0.25, 0.3) is 0 Å². The van der Waals surface area contributed by atoms with E-state index >= 15 is 0 Å². The second-order valence-corrected chi connectivity index (χ2v) is 4.81. The van der Waals surface area contributed by atoms with Crippen molar-refractivity contribution in [1.82, 2.24) is 0 Å². The van der Waals surface area contributed by atoms with Crippen LogP contribution in [0.15, 0.2) is 12.7 Å². The average Bonchev–Trinajstić information content (AvgIpc) is 2.38. The third-order valence-electron chi connectivity index (χ3n) is 3.22. The molecule has 0 spiro atoms. The van der Waals surface area contributed by atoms with E-state index in [1.807, 2.05) is 6.08 Å². The molecule has 1 fully saturated rings. The molecular weight excluding hydrogens is 248 g/mol. The summed E-state index contributed by atoms with van der Waals surface area (Å²) in [6.07, 6.45) is 4.11. The van der Waals surface area contributed by atoms with Crippen molar-refractivity contribution in [3.63, 3.8) is 0 Å². The number of ether oxygens (including phenoxy) is 3. The van der Waals surface area contributed by atoms with E-state index in [9.17, 15) is 9.59 Å². The van der Waals surface area contributed by atoms with Gasteiger partial charge < -0.3 is 14.2 Å². The van der Waals surface area contributed by atoms with Gasteiger partial charge in [0.1, 0.15) is 19.3 Å². The molecule has 19 heavy (non-hydrogen) atoms. The minimum Gasteiger partial charge on any atom is -0.458 e. The van der Waals surface area contributed by atoms with Crippen molar-refractivity contribution in [2.75, 3.05) is 20.3 Å². The van der Waals surface area contributed by atoms with Crippen LogP contribution >= 0.6 is 0 Å². The predicted molar refractivity (Wildman–Crippen MR) is 69.7 cm³/mol. The number of carbonyl (C=O) groups excluding carboxylic acids is 2. The minimum atomic E-state index is -0.460. The molecular formula is C14H22O5. The lowest BCUT2D eigenvalue weighted by Crippen LogP contribution is -2.39. The summed E-state index contributed by atoms with van der Waals surface area (Å²) in [7, 11) is 1.62. The quantitative estimate of drug-likeness (QED) is 0.518. The van der Waals surface area contributed by atoms with E-state index in [0.29, 0.717) is 5.92 Å². The number of esters is 1. The van der Waals surface area contributed by atoms with Gasteiger partial charge in [0, 0.05) is 7.11 Å². The molecule has 0 aliphatic heterocycles. The second-order valence-electron chi connectivity index (χ2n) is 4.81. The molecule has 0 aromatic carbocycles. The molecule has 1 aliphatic carbocycles.